The first-order valence-electron chi connectivity index (χ1n) is 4.21. The van der Waals surface area contributed by atoms with E-state index in [4.69, 9.17) is 5.11 Å². The normalized spacial score (nSPS) is 9.50. The molecule has 2 heterocycles. The number of hydrogen-bond acceptors (Lipinski definition) is 3. The van der Waals surface area contributed by atoms with Crippen molar-refractivity contribution in [1.29, 1.82) is 0 Å². The minimum Gasteiger partial charge on any atom is -0.384 e. The van der Waals surface area contributed by atoms with Crippen LogP contribution in [0.4, 0.5) is 0 Å². The molecule has 0 radical (unpaired) electrons. The molecule has 2 aromatic heterocycles. The predicted molar refractivity (Wildman–Crippen MR) is 53.5 cm³/mol. The van der Waals surface area contributed by atoms with E-state index in [1.165, 1.54) is 0 Å². The fraction of sp³-hybridized carbons (Fsp3) is 0.0909. The number of aliphatic hydroxyl groups is 1. The predicted octanol–water partition coefficient (Wildman–Crippen LogP) is 0.974. The standard InChI is InChI=1S/C11H8N2O/c14-8-2-3-9-5-7-12-10-4-1-6-13-11(9)10/h1,4-7,14H,8H2. The molecule has 0 unspecified atom stereocenters. The van der Waals surface area contributed by atoms with Crippen molar-refractivity contribution in [2.24, 2.45) is 0 Å². The molecule has 0 bridgehead atoms. The number of hydrogen-bond donors (Lipinski definition) is 1. The molecule has 0 atom stereocenters. The summed E-state index contributed by atoms with van der Waals surface area (Å²) in [6.45, 7) is -0.142. The monoisotopic (exact) mass is 184 g/mol. The number of nitrogens with zero attached hydrogens (tertiary/aromatic N) is 2. The summed E-state index contributed by atoms with van der Waals surface area (Å²) in [5, 5.41) is 8.59. The largest absolute Gasteiger partial charge is 0.384 e. The van der Waals surface area contributed by atoms with Crippen LogP contribution < -0.4 is 0 Å². The fourth-order valence-electron chi connectivity index (χ4n) is 1.22. The minimum absolute atomic E-state index is 0.142. The van der Waals surface area contributed by atoms with Gasteiger partial charge in [0.2, 0.25) is 0 Å². The molecule has 3 heteroatoms. The number of aliphatic hydroxyl groups excluding tert-OH is 1. The van der Waals surface area contributed by atoms with Crippen molar-refractivity contribution in [1.82, 2.24) is 9.97 Å². The quantitative estimate of drug-likeness (QED) is 0.620. The van der Waals surface area contributed by atoms with Crippen molar-refractivity contribution in [3.05, 3.63) is 36.2 Å². The third-order valence-corrected chi connectivity index (χ3v) is 1.80. The Balaban J connectivity index is 2.65. The summed E-state index contributed by atoms with van der Waals surface area (Å²) in [5.74, 6) is 5.43. The summed E-state index contributed by atoms with van der Waals surface area (Å²) in [4.78, 5) is 8.34. The Morgan fingerprint density at radius 3 is 3.00 bits per heavy atom. The van der Waals surface area contributed by atoms with Crippen LogP contribution in [0.3, 0.4) is 0 Å². The summed E-state index contributed by atoms with van der Waals surface area (Å²) in [7, 11) is 0. The first-order valence-corrected chi connectivity index (χ1v) is 4.21. The molecule has 0 aliphatic heterocycles. The molecule has 0 amide bonds. The second-order valence-corrected chi connectivity index (χ2v) is 2.69. The van der Waals surface area contributed by atoms with Gasteiger partial charge in [-0.15, -0.1) is 0 Å². The van der Waals surface area contributed by atoms with E-state index in [0.717, 1.165) is 16.6 Å². The number of aromatic nitrogens is 2. The van der Waals surface area contributed by atoms with Gasteiger partial charge >= 0.3 is 0 Å². The Morgan fingerprint density at radius 1 is 1.21 bits per heavy atom. The van der Waals surface area contributed by atoms with Gasteiger partial charge in [0.15, 0.2) is 0 Å². The van der Waals surface area contributed by atoms with Gasteiger partial charge in [-0.1, -0.05) is 11.8 Å². The van der Waals surface area contributed by atoms with E-state index in [2.05, 4.69) is 21.8 Å². The number of pyridine rings is 2. The van der Waals surface area contributed by atoms with Crippen LogP contribution >= 0.6 is 0 Å². The van der Waals surface area contributed by atoms with Crippen LogP contribution in [0.25, 0.3) is 11.0 Å². The fourth-order valence-corrected chi connectivity index (χ4v) is 1.22. The molecule has 2 aromatic rings. The van der Waals surface area contributed by atoms with Crippen LogP contribution in [0.1, 0.15) is 5.56 Å². The third-order valence-electron chi connectivity index (χ3n) is 1.80. The highest BCUT2D eigenvalue weighted by molar-refractivity contribution is 5.80. The summed E-state index contributed by atoms with van der Waals surface area (Å²) in [6, 6.07) is 5.50. The summed E-state index contributed by atoms with van der Waals surface area (Å²) < 4.78 is 0. The summed E-state index contributed by atoms with van der Waals surface area (Å²) in [5.41, 5.74) is 2.39. The molecule has 0 aliphatic carbocycles. The first kappa shape index (κ1) is 8.67. The van der Waals surface area contributed by atoms with Crippen LogP contribution in [0.2, 0.25) is 0 Å². The molecular weight excluding hydrogens is 176 g/mol. The molecule has 0 aliphatic rings. The van der Waals surface area contributed by atoms with Crippen LogP contribution in [-0.4, -0.2) is 21.7 Å². The molecule has 0 fully saturated rings. The topological polar surface area (TPSA) is 46.0 Å². The highest BCUT2D eigenvalue weighted by atomic mass is 16.2. The van der Waals surface area contributed by atoms with Crippen LogP contribution in [-0.2, 0) is 0 Å². The highest BCUT2D eigenvalue weighted by Crippen LogP contribution is 2.11. The minimum atomic E-state index is -0.142. The van der Waals surface area contributed by atoms with Crippen molar-refractivity contribution in [3.63, 3.8) is 0 Å². The third kappa shape index (κ3) is 1.56. The Bertz CT molecular complexity index is 506. The van der Waals surface area contributed by atoms with Gasteiger partial charge in [0, 0.05) is 12.4 Å². The molecule has 3 nitrogen and oxygen atoms in total. The maximum Gasteiger partial charge on any atom is 0.104 e. The first-order chi connectivity index (χ1) is 6.92. The second-order valence-electron chi connectivity index (χ2n) is 2.69. The van der Waals surface area contributed by atoms with Crippen molar-refractivity contribution < 1.29 is 5.11 Å². The van der Waals surface area contributed by atoms with E-state index < -0.39 is 0 Å². The van der Waals surface area contributed by atoms with Gasteiger partial charge in [-0.25, -0.2) is 0 Å². The van der Waals surface area contributed by atoms with Crippen molar-refractivity contribution in [2.45, 2.75) is 0 Å². The van der Waals surface area contributed by atoms with Crippen molar-refractivity contribution in [3.8, 4) is 11.8 Å². The Morgan fingerprint density at radius 2 is 2.14 bits per heavy atom. The number of fused-ring (bicyclic) bond motifs is 1. The van der Waals surface area contributed by atoms with E-state index >= 15 is 0 Å². The van der Waals surface area contributed by atoms with Gasteiger partial charge in [0.05, 0.1) is 11.1 Å². The SMILES string of the molecule is OCC#Cc1ccnc2cccnc12. The lowest BCUT2D eigenvalue weighted by Crippen LogP contribution is -1.86. The Labute approximate surface area is 81.4 Å². The molecule has 0 spiro atoms. The maximum absolute atomic E-state index is 8.59. The van der Waals surface area contributed by atoms with Crippen molar-refractivity contribution in [2.75, 3.05) is 6.61 Å². The lowest BCUT2D eigenvalue weighted by atomic mass is 10.2. The average Bonchev–Trinajstić information content (AvgIpc) is 2.26. The molecule has 1 N–H and O–H groups in total. The Kier molecular flexibility index (Phi) is 2.39. The lowest BCUT2D eigenvalue weighted by molar-refractivity contribution is 0.350. The van der Waals surface area contributed by atoms with Crippen LogP contribution in [0.5, 0.6) is 0 Å². The van der Waals surface area contributed by atoms with Gasteiger partial charge in [-0.3, -0.25) is 9.97 Å². The smallest absolute Gasteiger partial charge is 0.104 e. The van der Waals surface area contributed by atoms with E-state index in [-0.39, 0.29) is 6.61 Å². The molecule has 0 saturated carbocycles. The van der Waals surface area contributed by atoms with Gasteiger partial charge in [0.1, 0.15) is 12.1 Å². The lowest BCUT2D eigenvalue weighted by Gasteiger charge is -1.96. The van der Waals surface area contributed by atoms with E-state index in [9.17, 15) is 0 Å². The zero-order valence-electron chi connectivity index (χ0n) is 7.44. The molecule has 2 rings (SSSR count). The van der Waals surface area contributed by atoms with Crippen molar-refractivity contribution >= 4 is 11.0 Å². The van der Waals surface area contributed by atoms with Gasteiger partial charge in [-0.05, 0) is 18.2 Å². The molecular formula is C11H8N2O. The summed E-state index contributed by atoms with van der Waals surface area (Å²) in [6.07, 6.45) is 3.39. The number of rotatable bonds is 0. The zero-order valence-corrected chi connectivity index (χ0v) is 7.44. The summed E-state index contributed by atoms with van der Waals surface area (Å²) >= 11 is 0. The molecule has 68 valence electrons. The Hall–Kier alpha value is -1.92. The van der Waals surface area contributed by atoms with E-state index in [0.29, 0.717) is 0 Å². The van der Waals surface area contributed by atoms with Crippen LogP contribution in [0, 0.1) is 11.8 Å². The molecule has 14 heavy (non-hydrogen) atoms. The van der Waals surface area contributed by atoms with Crippen LogP contribution in [0.15, 0.2) is 30.6 Å². The van der Waals surface area contributed by atoms with Gasteiger partial charge in [-0.2, -0.15) is 0 Å². The second kappa shape index (κ2) is 3.86. The van der Waals surface area contributed by atoms with E-state index in [1.54, 1.807) is 18.5 Å². The zero-order chi connectivity index (χ0) is 9.80. The molecule has 0 aromatic carbocycles. The van der Waals surface area contributed by atoms with Gasteiger partial charge < -0.3 is 5.11 Å². The molecule has 0 saturated heterocycles. The maximum atomic E-state index is 8.59. The average molecular weight is 184 g/mol. The van der Waals surface area contributed by atoms with Gasteiger partial charge in [0.25, 0.3) is 0 Å². The highest BCUT2D eigenvalue weighted by Gasteiger charge is 1.98. The van der Waals surface area contributed by atoms with E-state index in [1.807, 2.05) is 12.1 Å².